The lowest BCUT2D eigenvalue weighted by atomic mass is 8.92. The first kappa shape index (κ1) is 135. The van der Waals surface area contributed by atoms with E-state index < -0.39 is 295 Å². The Hall–Kier alpha value is 39.5. The van der Waals surface area contributed by atoms with Crippen molar-refractivity contribution in [1.29, 1.82) is 0 Å². The Labute approximate surface area is 750 Å². The first-order chi connectivity index (χ1) is 43.6. The molecule has 0 spiro atoms. The summed E-state index contributed by atoms with van der Waals surface area (Å²) in [4.78, 5) is 0. The Morgan fingerprint density at radius 2 is 0.250 bits per heavy atom. The van der Waals surface area contributed by atoms with Crippen molar-refractivity contribution in [3.63, 3.8) is 0 Å². The highest BCUT2D eigenvalue weighted by molar-refractivity contribution is 9.40. The molecule has 96 heavy (non-hydrogen) atoms. The highest BCUT2D eigenvalue weighted by atomic mass is 33.3. The van der Waals surface area contributed by atoms with Crippen LogP contribution in [-0.2, 0) is 0 Å². The summed E-state index contributed by atoms with van der Waals surface area (Å²) >= 11 is 0. The van der Waals surface area contributed by atoms with Crippen molar-refractivity contribution >= 4 is 763 Å². The fourth-order valence-electron chi connectivity index (χ4n) is 7.76. The number of hydrogen-bond donors (Lipinski definition) is 0. The summed E-state index contributed by atoms with van der Waals surface area (Å²) in [6.45, 7) is -16.5. The second-order valence-corrected chi connectivity index (χ2v) is 366. The lowest BCUT2D eigenvalue weighted by Gasteiger charge is -2.61. The zero-order chi connectivity index (χ0) is 76.1. The van der Waals surface area contributed by atoms with Crippen molar-refractivity contribution in [2.45, 2.75) is 0 Å². The average Bonchev–Trinajstić information content (AvgIpc) is 3.36. The van der Waals surface area contributed by atoms with Gasteiger partial charge in [0.25, 0.3) is 0 Å². The third kappa shape index (κ3) is 46.9. The van der Waals surface area contributed by atoms with Crippen LogP contribution < -0.4 is 0 Å². The summed E-state index contributed by atoms with van der Waals surface area (Å²) in [7, 11) is 179. The molecule has 0 aromatic heterocycles. The van der Waals surface area contributed by atoms with Crippen LogP contribution in [0, 0.1) is 0 Å². The van der Waals surface area contributed by atoms with Crippen LogP contribution in [0.1, 0.15) is 0 Å². The van der Waals surface area contributed by atoms with E-state index in [1.54, 1.807) is 0 Å². The molecule has 51 unspecified atom stereocenters. The molecule has 0 amide bonds. The molecule has 0 radical (unpaired) electrons. The maximum absolute atomic E-state index is 3.87. The summed E-state index contributed by atoms with van der Waals surface area (Å²) in [5.74, 6) is 0. The Morgan fingerprint density at radius 3 is 0.365 bits per heavy atom. The summed E-state index contributed by atoms with van der Waals surface area (Å²) in [6, 6.07) is 1.95. The first-order valence-electron chi connectivity index (χ1n) is 22.8. The fourth-order valence-corrected chi connectivity index (χ4v) is 886. The SMILES string of the molecule is PP(P)P(P)P(B(B(B(B(P(P(P(P)P)P(P)P)P(P(P)P)P(P)P)P(P(P(P)P)P(P)P)P(P(P)P)P(P)P)B(P(P(P(P)P)P(P)P)P(P(P)P)P(P)P)P(P(P(P)P)P(P)P)P(P(P)P)P(P)P)P(P(P(P)P)P(P)P)P(P(P)P)P(P)P)P(P(P)P)P(P)P)P(P)P. The molecule has 0 bridgehead atoms. The third-order valence-electron chi connectivity index (χ3n) is 10.2. The van der Waals surface area contributed by atoms with Crippen molar-refractivity contribution in [2.24, 2.45) is 0 Å². The van der Waals surface area contributed by atoms with Crippen LogP contribution in [0.2, 0.25) is 0 Å². The molecule has 0 heterocycles. The molecule has 568 valence electrons. The standard InChI is InChI=1S/B5H98P91/c6-62(7)56(63(8)9)5(57(64(10)11)86(54)65(12)13)2(55(87(66(14)15)67(16)17)88(68(18)19)69(20)21)1(3(58(89(70(22)23)71(24)25)90(72(26)27)73(28)29)59(91(74(30)31)75(32)33)92(76(34)35)77(36)37)4(60(93(78(38)39)79(40)41)94(80(42)43)81(44)45)61(95(82(46)47)83(48)49)96(84(50)51)85(52)53/h6-54H2. The van der Waals surface area contributed by atoms with Crippen LogP contribution in [-0.4, -0.2) is 30.7 Å². The van der Waals surface area contributed by atoms with Gasteiger partial charge in [0, 0.05) is 0 Å². The molecule has 0 aromatic rings. The summed E-state index contributed by atoms with van der Waals surface area (Å²) in [5, 5.41) is 0. The topological polar surface area (TPSA) is 0 Å². The molecule has 0 saturated carbocycles. The van der Waals surface area contributed by atoms with Gasteiger partial charge in [-0.2, -0.15) is 0 Å². The predicted molar refractivity (Wildman–Crippen MR) is 795 cm³/mol. The monoisotopic (exact) mass is 2970 g/mol. The predicted octanol–water partition coefficient (Wildman–Crippen LogP) is 50.2. The van der Waals surface area contributed by atoms with Crippen LogP contribution >= 0.6 is 732 Å². The Kier molecular flexibility index (Phi) is 104. The van der Waals surface area contributed by atoms with Gasteiger partial charge in [-0.25, -0.2) is 0 Å². The van der Waals surface area contributed by atoms with Gasteiger partial charge in [0.2, 0.25) is 0 Å². The van der Waals surface area contributed by atoms with Crippen molar-refractivity contribution < 1.29 is 0 Å². The smallest absolute Gasteiger partial charge is 0.103 e. The number of rotatable bonds is 46. The molecule has 0 aliphatic heterocycles. The zero-order valence-corrected chi connectivity index (χ0v) is 144. The van der Waals surface area contributed by atoms with Gasteiger partial charge in [0.15, 0.2) is 18.1 Å². The van der Waals surface area contributed by atoms with E-state index in [0.29, 0.717) is 30.7 Å². The largest absolute Gasteiger partial charge is 0.191 e. The molecular weight excluding hydrogens is 2870 g/mol. The molecule has 0 rings (SSSR count). The third-order valence-corrected chi connectivity index (χ3v) is 524. The Balaban J connectivity index is 14.3. The van der Waals surface area contributed by atoms with Crippen LogP contribution in [0.4, 0.5) is 0 Å². The zero-order valence-electron chi connectivity index (χ0n) is 50.0. The highest BCUT2D eigenvalue weighted by Gasteiger charge is 2.71. The molecule has 0 aromatic carbocycles. The van der Waals surface area contributed by atoms with E-state index in [1.807, 2.05) is 0 Å². The second kappa shape index (κ2) is 73.5. The normalized spacial score (nSPS) is 14.8. The molecule has 0 saturated heterocycles. The lowest BCUT2D eigenvalue weighted by molar-refractivity contribution is 3.53. The van der Waals surface area contributed by atoms with Crippen molar-refractivity contribution in [2.75, 3.05) is 0 Å². The summed E-state index contributed by atoms with van der Waals surface area (Å²) < 4.78 is 0. The minimum Gasteiger partial charge on any atom is -0.103 e. The minimum atomic E-state index is -0.636. The van der Waals surface area contributed by atoms with Gasteiger partial charge in [0.05, 0.1) is 6.39 Å². The second-order valence-electron chi connectivity index (χ2n) is 16.7. The van der Waals surface area contributed by atoms with E-state index in [9.17, 15) is 0 Å². The van der Waals surface area contributed by atoms with Crippen molar-refractivity contribution in [1.82, 2.24) is 0 Å². The fraction of sp³-hybridized carbons (Fsp3) is 0. The Bertz CT molecular complexity index is 1630. The average molecular weight is 2970 g/mol. The summed E-state index contributed by atoms with van der Waals surface area (Å²) in [5.41, 5.74) is 0. The van der Waals surface area contributed by atoms with Crippen LogP contribution in [0.3, 0.4) is 0 Å². The van der Waals surface area contributed by atoms with E-state index in [0.717, 1.165) is 0 Å². The van der Waals surface area contributed by atoms with Crippen LogP contribution in [0.15, 0.2) is 0 Å². The Morgan fingerprint density at radius 1 is 0.115 bits per heavy atom. The van der Waals surface area contributed by atoms with Crippen molar-refractivity contribution in [3.8, 4) is 0 Å². The van der Waals surface area contributed by atoms with E-state index >= 15 is 0 Å². The van der Waals surface area contributed by atoms with Gasteiger partial charge in [0.1, 0.15) is 6.21 Å². The van der Waals surface area contributed by atoms with Gasteiger partial charge in [-0.15, -0.1) is 437 Å². The van der Waals surface area contributed by atoms with Gasteiger partial charge in [-0.1, -0.05) is 50.2 Å². The number of hydrogen-bond acceptors (Lipinski definition) is 0. The molecule has 0 fully saturated rings. The lowest BCUT2D eigenvalue weighted by Crippen LogP contribution is -2.59. The van der Waals surface area contributed by atoms with E-state index in [2.05, 4.69) is 437 Å². The molecular formula is H98B5P91. The molecule has 0 aliphatic rings. The highest BCUT2D eigenvalue weighted by Crippen LogP contribution is 3.33. The maximum Gasteiger partial charge on any atom is 0.191 e. The molecule has 0 nitrogen and oxygen atoms in total. The summed E-state index contributed by atoms with van der Waals surface area (Å²) in [6.07, 6.45) is 1.19. The van der Waals surface area contributed by atoms with Crippen LogP contribution in [0.5, 0.6) is 0 Å². The molecule has 0 aliphatic carbocycles. The van der Waals surface area contributed by atoms with Crippen molar-refractivity contribution in [3.05, 3.63) is 0 Å². The molecule has 0 N–H and O–H groups in total. The maximum atomic E-state index is 3.87. The van der Waals surface area contributed by atoms with E-state index in [-0.39, 0.29) is 0 Å². The quantitative estimate of drug-likeness (QED) is 0.0421. The van der Waals surface area contributed by atoms with E-state index in [4.69, 9.17) is 0 Å². The minimum absolute atomic E-state index is 0.401. The van der Waals surface area contributed by atoms with E-state index in [1.165, 1.54) is 0 Å². The first-order valence-corrected chi connectivity index (χ1v) is 184. The van der Waals surface area contributed by atoms with Gasteiger partial charge < -0.3 is 0 Å². The van der Waals surface area contributed by atoms with Gasteiger partial charge >= 0.3 is 0 Å². The molecule has 96 heteroatoms. The van der Waals surface area contributed by atoms with Crippen LogP contribution in [0.25, 0.3) is 0 Å². The molecule has 51 atom stereocenters. The van der Waals surface area contributed by atoms with Gasteiger partial charge in [-0.05, 0) is 245 Å². The van der Waals surface area contributed by atoms with Gasteiger partial charge in [-0.3, -0.25) is 0 Å².